The molecule has 1 aromatic carbocycles. The van der Waals surface area contributed by atoms with E-state index >= 15 is 0 Å². The summed E-state index contributed by atoms with van der Waals surface area (Å²) in [6.07, 6.45) is 1.88. The standard InChI is InChI=1S/C15H17ClN2O3/c1-3-21-14-12(16)8-10(9-13(14)20-2)15(19)18(7-6-17)11-4-5-11/h8-9,11H,3-5,7H2,1-2H3. The summed E-state index contributed by atoms with van der Waals surface area (Å²) in [5.41, 5.74) is 0.405. The minimum atomic E-state index is -0.206. The topological polar surface area (TPSA) is 62.6 Å². The molecule has 0 unspecified atom stereocenters. The van der Waals surface area contributed by atoms with E-state index in [1.54, 1.807) is 17.0 Å². The van der Waals surface area contributed by atoms with Gasteiger partial charge in [0, 0.05) is 11.6 Å². The molecule has 1 amide bonds. The molecular formula is C15H17ClN2O3. The van der Waals surface area contributed by atoms with Gasteiger partial charge in [-0.3, -0.25) is 4.79 Å². The number of carbonyl (C=O) groups is 1. The average molecular weight is 309 g/mol. The van der Waals surface area contributed by atoms with E-state index in [0.717, 1.165) is 12.8 Å². The Morgan fingerprint density at radius 3 is 2.76 bits per heavy atom. The van der Waals surface area contributed by atoms with Gasteiger partial charge < -0.3 is 14.4 Å². The maximum absolute atomic E-state index is 12.5. The molecular weight excluding hydrogens is 292 g/mol. The van der Waals surface area contributed by atoms with Crippen molar-refractivity contribution in [2.24, 2.45) is 0 Å². The first-order valence-electron chi connectivity index (χ1n) is 6.80. The van der Waals surface area contributed by atoms with Crippen molar-refractivity contribution in [3.05, 3.63) is 22.7 Å². The fraction of sp³-hybridized carbons (Fsp3) is 0.467. The number of amides is 1. The summed E-state index contributed by atoms with van der Waals surface area (Å²) in [6, 6.07) is 5.35. The fourth-order valence-corrected chi connectivity index (χ4v) is 2.39. The molecule has 1 fully saturated rings. The summed E-state index contributed by atoms with van der Waals surface area (Å²) >= 11 is 6.17. The summed E-state index contributed by atoms with van der Waals surface area (Å²) in [7, 11) is 1.50. The molecule has 5 nitrogen and oxygen atoms in total. The Hall–Kier alpha value is -1.93. The number of nitrogens with zero attached hydrogens (tertiary/aromatic N) is 2. The third-order valence-electron chi connectivity index (χ3n) is 3.25. The van der Waals surface area contributed by atoms with Crippen LogP contribution in [0.15, 0.2) is 12.1 Å². The minimum absolute atomic E-state index is 0.0800. The van der Waals surface area contributed by atoms with Crippen molar-refractivity contribution >= 4 is 17.5 Å². The lowest BCUT2D eigenvalue weighted by Gasteiger charge is -2.20. The second-order valence-corrected chi connectivity index (χ2v) is 5.15. The lowest BCUT2D eigenvalue weighted by atomic mass is 10.1. The number of ether oxygens (including phenoxy) is 2. The Bertz CT molecular complexity index is 579. The van der Waals surface area contributed by atoms with Gasteiger partial charge in [0.2, 0.25) is 0 Å². The third-order valence-corrected chi connectivity index (χ3v) is 3.54. The Kier molecular flexibility index (Phi) is 4.92. The molecule has 6 heteroatoms. The summed E-state index contributed by atoms with van der Waals surface area (Å²) in [4.78, 5) is 14.1. The first kappa shape index (κ1) is 15.5. The van der Waals surface area contributed by atoms with Crippen molar-refractivity contribution in [2.75, 3.05) is 20.3 Å². The fourth-order valence-electron chi connectivity index (χ4n) is 2.12. The molecule has 0 bridgehead atoms. The first-order valence-corrected chi connectivity index (χ1v) is 7.18. The molecule has 21 heavy (non-hydrogen) atoms. The molecule has 112 valence electrons. The monoisotopic (exact) mass is 308 g/mol. The van der Waals surface area contributed by atoms with Gasteiger partial charge in [0.1, 0.15) is 6.54 Å². The number of methoxy groups -OCH3 is 1. The van der Waals surface area contributed by atoms with Crippen LogP contribution < -0.4 is 9.47 Å². The average Bonchev–Trinajstić information content (AvgIpc) is 3.30. The van der Waals surface area contributed by atoms with E-state index in [4.69, 9.17) is 26.3 Å². The third kappa shape index (κ3) is 3.40. The molecule has 0 aromatic heterocycles. The normalized spacial score (nSPS) is 13.4. The van der Waals surface area contributed by atoms with Gasteiger partial charge in [0.05, 0.1) is 24.8 Å². The number of nitriles is 1. The van der Waals surface area contributed by atoms with E-state index in [1.165, 1.54) is 7.11 Å². The van der Waals surface area contributed by atoms with Crippen LogP contribution in [0, 0.1) is 11.3 Å². The van der Waals surface area contributed by atoms with Crippen LogP contribution in [0.1, 0.15) is 30.1 Å². The SMILES string of the molecule is CCOc1c(Cl)cc(C(=O)N(CC#N)C2CC2)cc1OC. The van der Waals surface area contributed by atoms with E-state index in [0.29, 0.717) is 28.7 Å². The van der Waals surface area contributed by atoms with Crippen LogP contribution >= 0.6 is 11.6 Å². The van der Waals surface area contributed by atoms with Gasteiger partial charge in [-0.05, 0) is 31.9 Å². The van der Waals surface area contributed by atoms with Crippen molar-refractivity contribution in [1.82, 2.24) is 4.90 Å². The van der Waals surface area contributed by atoms with Crippen LogP contribution in [0.4, 0.5) is 0 Å². The second-order valence-electron chi connectivity index (χ2n) is 4.74. The minimum Gasteiger partial charge on any atom is -0.493 e. The zero-order chi connectivity index (χ0) is 15.4. The van der Waals surface area contributed by atoms with Gasteiger partial charge in [-0.25, -0.2) is 0 Å². The Labute approximate surface area is 129 Å². The molecule has 0 atom stereocenters. The zero-order valence-electron chi connectivity index (χ0n) is 12.1. The maximum Gasteiger partial charge on any atom is 0.255 e. The largest absolute Gasteiger partial charge is 0.493 e. The predicted molar refractivity (Wildman–Crippen MR) is 78.8 cm³/mol. The molecule has 2 rings (SSSR count). The number of hydrogen-bond acceptors (Lipinski definition) is 4. The van der Waals surface area contributed by atoms with Gasteiger partial charge in [-0.2, -0.15) is 5.26 Å². The number of carbonyl (C=O) groups excluding carboxylic acids is 1. The molecule has 0 heterocycles. The van der Waals surface area contributed by atoms with E-state index in [2.05, 4.69) is 0 Å². The molecule has 0 spiro atoms. The molecule has 1 aliphatic carbocycles. The van der Waals surface area contributed by atoms with Gasteiger partial charge in [0.15, 0.2) is 11.5 Å². The summed E-state index contributed by atoms with van der Waals surface area (Å²) in [5.74, 6) is 0.638. The maximum atomic E-state index is 12.5. The lowest BCUT2D eigenvalue weighted by Crippen LogP contribution is -2.33. The summed E-state index contributed by atoms with van der Waals surface area (Å²) < 4.78 is 10.7. The van der Waals surface area contributed by atoms with Crippen LogP contribution in [0.25, 0.3) is 0 Å². The van der Waals surface area contributed by atoms with Crippen molar-refractivity contribution in [2.45, 2.75) is 25.8 Å². The van der Waals surface area contributed by atoms with E-state index in [1.807, 2.05) is 13.0 Å². The number of hydrogen-bond donors (Lipinski definition) is 0. The molecule has 1 aliphatic rings. The van der Waals surface area contributed by atoms with Crippen LogP contribution in [0.2, 0.25) is 5.02 Å². The highest BCUT2D eigenvalue weighted by molar-refractivity contribution is 6.32. The van der Waals surface area contributed by atoms with Crippen LogP contribution in [-0.2, 0) is 0 Å². The Morgan fingerprint density at radius 1 is 1.52 bits per heavy atom. The van der Waals surface area contributed by atoms with Crippen molar-refractivity contribution in [1.29, 1.82) is 5.26 Å². The molecule has 0 N–H and O–H groups in total. The van der Waals surface area contributed by atoms with Gasteiger partial charge in [-0.1, -0.05) is 11.6 Å². The number of benzene rings is 1. The Balaban J connectivity index is 2.33. The van der Waals surface area contributed by atoms with E-state index in [-0.39, 0.29) is 18.5 Å². The molecule has 1 aromatic rings. The van der Waals surface area contributed by atoms with Crippen molar-refractivity contribution in [3.8, 4) is 17.6 Å². The lowest BCUT2D eigenvalue weighted by molar-refractivity contribution is 0.0764. The summed E-state index contributed by atoms with van der Waals surface area (Å²) in [5, 5.41) is 9.19. The smallest absolute Gasteiger partial charge is 0.255 e. The number of rotatable bonds is 6. The first-order chi connectivity index (χ1) is 10.1. The van der Waals surface area contributed by atoms with E-state index < -0.39 is 0 Å². The highest BCUT2D eigenvalue weighted by Crippen LogP contribution is 2.37. The van der Waals surface area contributed by atoms with Gasteiger partial charge >= 0.3 is 0 Å². The van der Waals surface area contributed by atoms with Crippen LogP contribution in [-0.4, -0.2) is 37.1 Å². The second kappa shape index (κ2) is 6.68. The van der Waals surface area contributed by atoms with E-state index in [9.17, 15) is 4.79 Å². The molecule has 0 aliphatic heterocycles. The van der Waals surface area contributed by atoms with Gasteiger partial charge in [0.25, 0.3) is 5.91 Å². The molecule has 0 radical (unpaired) electrons. The van der Waals surface area contributed by atoms with Crippen LogP contribution in [0.3, 0.4) is 0 Å². The predicted octanol–water partition coefficient (Wildman–Crippen LogP) is 2.88. The van der Waals surface area contributed by atoms with Crippen molar-refractivity contribution in [3.63, 3.8) is 0 Å². The Morgan fingerprint density at radius 2 is 2.24 bits per heavy atom. The highest BCUT2D eigenvalue weighted by Gasteiger charge is 2.33. The van der Waals surface area contributed by atoms with Crippen LogP contribution in [0.5, 0.6) is 11.5 Å². The van der Waals surface area contributed by atoms with Gasteiger partial charge in [-0.15, -0.1) is 0 Å². The van der Waals surface area contributed by atoms with Crippen molar-refractivity contribution < 1.29 is 14.3 Å². The number of halogens is 1. The molecule has 0 saturated heterocycles. The zero-order valence-corrected chi connectivity index (χ0v) is 12.8. The molecule has 1 saturated carbocycles. The quantitative estimate of drug-likeness (QED) is 0.758. The summed E-state index contributed by atoms with van der Waals surface area (Å²) in [6.45, 7) is 2.37. The highest BCUT2D eigenvalue weighted by atomic mass is 35.5.